The summed E-state index contributed by atoms with van der Waals surface area (Å²) in [5.41, 5.74) is 4.98. The summed E-state index contributed by atoms with van der Waals surface area (Å²) in [6.45, 7) is -0.286. The lowest BCUT2D eigenvalue weighted by Gasteiger charge is -2.14. The number of nitrogen functional groups attached to an aromatic ring is 1. The molecule has 8 heteroatoms. The summed E-state index contributed by atoms with van der Waals surface area (Å²) in [7, 11) is 0. The summed E-state index contributed by atoms with van der Waals surface area (Å²) in [4.78, 5) is 15.3. The van der Waals surface area contributed by atoms with Crippen LogP contribution in [0.25, 0.3) is 0 Å². The molecule has 4 N–H and O–H groups in total. The highest BCUT2D eigenvalue weighted by Gasteiger charge is 2.35. The first-order chi connectivity index (χ1) is 8.02. The van der Waals surface area contributed by atoms with Gasteiger partial charge in [0, 0.05) is 12.6 Å². The molecule has 0 saturated carbocycles. The van der Waals surface area contributed by atoms with Crippen LogP contribution in [0.5, 0.6) is 0 Å². The van der Waals surface area contributed by atoms with Gasteiger partial charge in [-0.15, -0.1) is 0 Å². The molecule has 1 aromatic heterocycles. The van der Waals surface area contributed by atoms with E-state index in [1.54, 1.807) is 0 Å². The first-order valence-corrected chi connectivity index (χ1v) is 6.09. The monoisotopic (exact) mass is 353 g/mol. The predicted molar refractivity (Wildman–Crippen MR) is 67.2 cm³/mol. The Kier molecular flexibility index (Phi) is 3.66. The van der Waals surface area contributed by atoms with Crippen molar-refractivity contribution in [2.45, 2.75) is 24.9 Å². The molecule has 0 spiro atoms. The minimum atomic E-state index is -0.785. The van der Waals surface area contributed by atoms with Crippen LogP contribution in [-0.2, 0) is 4.74 Å². The molecule has 17 heavy (non-hydrogen) atoms. The number of ether oxygens (including phenoxy) is 1. The number of anilines is 1. The van der Waals surface area contributed by atoms with Crippen LogP contribution < -0.4 is 11.4 Å². The molecule has 7 nitrogen and oxygen atoms in total. The van der Waals surface area contributed by atoms with Gasteiger partial charge in [0.05, 0.1) is 16.3 Å². The number of hydrogen-bond acceptors (Lipinski definition) is 6. The number of hydrogen-bond donors (Lipinski definition) is 3. The zero-order chi connectivity index (χ0) is 12.6. The largest absolute Gasteiger partial charge is 0.394 e. The molecule has 1 aromatic rings. The summed E-state index contributed by atoms with van der Waals surface area (Å²) in [5.74, 6) is 0.170. The van der Waals surface area contributed by atoms with E-state index in [0.29, 0.717) is 3.57 Å². The van der Waals surface area contributed by atoms with Crippen LogP contribution in [0.15, 0.2) is 11.0 Å². The van der Waals surface area contributed by atoms with Crippen molar-refractivity contribution in [1.82, 2.24) is 9.55 Å². The average molecular weight is 353 g/mol. The minimum absolute atomic E-state index is 0.170. The second kappa shape index (κ2) is 4.88. The van der Waals surface area contributed by atoms with Gasteiger partial charge in [-0.25, -0.2) is 4.79 Å². The molecule has 0 aromatic carbocycles. The summed E-state index contributed by atoms with van der Waals surface area (Å²) in [6.07, 6.45) is -0.291. The predicted octanol–water partition coefficient (Wildman–Crippen LogP) is -0.929. The Bertz CT molecular complexity index is 478. The molecule has 2 rings (SSSR count). The lowest BCUT2D eigenvalue weighted by Crippen LogP contribution is -2.28. The molecule has 3 atom stereocenters. The van der Waals surface area contributed by atoms with Crippen molar-refractivity contribution >= 4 is 28.4 Å². The van der Waals surface area contributed by atoms with E-state index in [1.807, 2.05) is 22.6 Å². The van der Waals surface area contributed by atoms with Gasteiger partial charge in [-0.05, 0) is 22.6 Å². The topological polar surface area (TPSA) is 111 Å². The molecule has 0 bridgehead atoms. The molecular weight excluding hydrogens is 341 g/mol. The Labute approximate surface area is 110 Å². The third-order valence-corrected chi connectivity index (χ3v) is 3.46. The van der Waals surface area contributed by atoms with Crippen molar-refractivity contribution in [3.63, 3.8) is 0 Å². The van der Waals surface area contributed by atoms with Gasteiger partial charge in [-0.2, -0.15) is 4.98 Å². The molecule has 1 aliphatic rings. The van der Waals surface area contributed by atoms with Crippen LogP contribution in [0.1, 0.15) is 12.6 Å². The molecule has 1 aliphatic heterocycles. The van der Waals surface area contributed by atoms with Gasteiger partial charge < -0.3 is 20.7 Å². The normalized spacial score (nSPS) is 28.5. The zero-order valence-electron chi connectivity index (χ0n) is 8.78. The van der Waals surface area contributed by atoms with Gasteiger partial charge >= 0.3 is 5.69 Å². The highest BCUT2D eigenvalue weighted by molar-refractivity contribution is 14.1. The van der Waals surface area contributed by atoms with Crippen molar-refractivity contribution in [2.24, 2.45) is 0 Å². The van der Waals surface area contributed by atoms with E-state index in [2.05, 4.69) is 4.98 Å². The molecule has 2 heterocycles. The van der Waals surface area contributed by atoms with E-state index in [-0.39, 0.29) is 18.8 Å². The van der Waals surface area contributed by atoms with Crippen molar-refractivity contribution in [3.05, 3.63) is 20.3 Å². The minimum Gasteiger partial charge on any atom is -0.394 e. The Hall–Kier alpha value is -0.710. The van der Waals surface area contributed by atoms with Gasteiger partial charge in [0.1, 0.15) is 18.1 Å². The summed E-state index contributed by atoms with van der Waals surface area (Å²) < 4.78 is 7.27. The molecule has 1 saturated heterocycles. The Morgan fingerprint density at radius 1 is 1.71 bits per heavy atom. The number of rotatable bonds is 2. The Morgan fingerprint density at radius 3 is 3.00 bits per heavy atom. The standard InChI is InChI=1S/C9H12IN3O4/c10-4-2-13(9(16)12-8(4)11)7-1-5(15)6(3-14)17-7/h2,5-7,14-15H,1,3H2,(H2,11,12,16)/t5-,6+,7-/m1/s1. The van der Waals surface area contributed by atoms with Crippen LogP contribution in [-0.4, -0.2) is 38.6 Å². The Morgan fingerprint density at radius 2 is 2.41 bits per heavy atom. The van der Waals surface area contributed by atoms with Crippen molar-refractivity contribution in [3.8, 4) is 0 Å². The van der Waals surface area contributed by atoms with Gasteiger partial charge in [0.2, 0.25) is 0 Å². The smallest absolute Gasteiger partial charge is 0.351 e. The van der Waals surface area contributed by atoms with Gasteiger partial charge in [0.25, 0.3) is 0 Å². The molecule has 94 valence electrons. The Balaban J connectivity index is 2.30. The van der Waals surface area contributed by atoms with Crippen molar-refractivity contribution < 1.29 is 14.9 Å². The zero-order valence-corrected chi connectivity index (χ0v) is 10.9. The second-order valence-corrected chi connectivity index (χ2v) is 4.94. The first kappa shape index (κ1) is 12.7. The first-order valence-electron chi connectivity index (χ1n) is 5.01. The number of nitrogens with two attached hydrogens (primary N) is 1. The highest BCUT2D eigenvalue weighted by atomic mass is 127. The highest BCUT2D eigenvalue weighted by Crippen LogP contribution is 2.27. The van der Waals surface area contributed by atoms with Crippen LogP contribution in [0.4, 0.5) is 5.82 Å². The van der Waals surface area contributed by atoms with Gasteiger partial charge in [0.15, 0.2) is 0 Å². The number of aliphatic hydroxyl groups is 2. The summed E-state index contributed by atoms with van der Waals surface area (Å²) in [5, 5.41) is 18.5. The summed E-state index contributed by atoms with van der Waals surface area (Å²) >= 11 is 1.96. The van der Waals surface area contributed by atoms with E-state index in [0.717, 1.165) is 0 Å². The fourth-order valence-electron chi connectivity index (χ4n) is 1.71. The van der Waals surface area contributed by atoms with E-state index < -0.39 is 24.1 Å². The van der Waals surface area contributed by atoms with Gasteiger partial charge in [-0.3, -0.25) is 4.57 Å². The SMILES string of the molecule is Nc1nc(=O)n([C@H]2C[C@@H](O)[C@H](CO)O2)cc1I. The molecule has 0 unspecified atom stereocenters. The lowest BCUT2D eigenvalue weighted by atomic mass is 10.2. The maximum Gasteiger partial charge on any atom is 0.351 e. The lowest BCUT2D eigenvalue weighted by molar-refractivity contribution is -0.0459. The fraction of sp³-hybridized carbons (Fsp3) is 0.556. The number of aliphatic hydroxyl groups excluding tert-OH is 2. The molecule has 0 amide bonds. The molecule has 0 radical (unpaired) electrons. The maximum atomic E-state index is 11.6. The van der Waals surface area contributed by atoms with Crippen LogP contribution in [0.3, 0.4) is 0 Å². The molecular formula is C9H12IN3O4. The third kappa shape index (κ3) is 2.44. The number of nitrogens with zero attached hydrogens (tertiary/aromatic N) is 2. The second-order valence-electron chi connectivity index (χ2n) is 3.78. The van der Waals surface area contributed by atoms with E-state index in [9.17, 15) is 9.90 Å². The quantitative estimate of drug-likeness (QED) is 0.593. The third-order valence-electron chi connectivity index (χ3n) is 2.63. The molecule has 0 aliphatic carbocycles. The number of aromatic nitrogens is 2. The van der Waals surface area contributed by atoms with Crippen LogP contribution in [0.2, 0.25) is 0 Å². The average Bonchev–Trinajstić information content (AvgIpc) is 2.65. The van der Waals surface area contributed by atoms with Crippen molar-refractivity contribution in [2.75, 3.05) is 12.3 Å². The van der Waals surface area contributed by atoms with E-state index in [4.69, 9.17) is 15.6 Å². The number of halogens is 1. The van der Waals surface area contributed by atoms with Crippen LogP contribution in [0, 0.1) is 3.57 Å². The fourth-order valence-corrected chi connectivity index (χ4v) is 2.13. The molecule has 1 fully saturated rings. The van der Waals surface area contributed by atoms with E-state index >= 15 is 0 Å². The van der Waals surface area contributed by atoms with E-state index in [1.165, 1.54) is 10.8 Å². The van der Waals surface area contributed by atoms with Gasteiger partial charge in [-0.1, -0.05) is 0 Å². The maximum absolute atomic E-state index is 11.6. The summed E-state index contributed by atoms with van der Waals surface area (Å²) in [6, 6.07) is 0. The van der Waals surface area contributed by atoms with Crippen LogP contribution >= 0.6 is 22.6 Å². The van der Waals surface area contributed by atoms with Crippen molar-refractivity contribution in [1.29, 1.82) is 0 Å².